The maximum atomic E-state index is 11.8. The lowest BCUT2D eigenvalue weighted by Gasteiger charge is -2.10. The second-order valence-electron chi connectivity index (χ2n) is 4.33. The molecule has 21 heavy (non-hydrogen) atoms. The Hall–Kier alpha value is -1.19. The number of thioether (sulfide) groups is 1. The summed E-state index contributed by atoms with van der Waals surface area (Å²) in [4.78, 5) is 20.3. The maximum Gasteiger partial charge on any atom is 0.343 e. The summed E-state index contributed by atoms with van der Waals surface area (Å²) in [6.45, 7) is 3.15. The molecule has 0 aromatic carbocycles. The molecule has 0 fully saturated rings. The van der Waals surface area contributed by atoms with Crippen LogP contribution in [0.1, 0.15) is 24.4 Å². The molecule has 7 nitrogen and oxygen atoms in total. The van der Waals surface area contributed by atoms with Gasteiger partial charge in [0.1, 0.15) is 5.82 Å². The standard InChI is InChI=1S/C12H16BrN5O2S/c1-8(10-14-6-9(13)7-15-10)21-12-17-16-11(19)18(12)4-3-5-20-2/h6-8H,3-5H2,1-2H3,(H,16,19)/t8-/m1/s1. The van der Waals surface area contributed by atoms with E-state index in [0.29, 0.717) is 24.1 Å². The van der Waals surface area contributed by atoms with Gasteiger partial charge in [0, 0.05) is 32.7 Å². The summed E-state index contributed by atoms with van der Waals surface area (Å²) < 4.78 is 7.45. The second-order valence-corrected chi connectivity index (χ2v) is 6.55. The van der Waals surface area contributed by atoms with Gasteiger partial charge in [-0.15, -0.1) is 5.10 Å². The van der Waals surface area contributed by atoms with Crippen LogP contribution in [0.2, 0.25) is 0 Å². The molecule has 2 aromatic rings. The Morgan fingerprint density at radius 1 is 1.48 bits per heavy atom. The van der Waals surface area contributed by atoms with E-state index in [4.69, 9.17) is 4.74 Å². The normalized spacial score (nSPS) is 12.5. The first-order chi connectivity index (χ1) is 10.1. The van der Waals surface area contributed by atoms with Gasteiger partial charge in [0.2, 0.25) is 0 Å². The van der Waals surface area contributed by atoms with Crippen LogP contribution in [-0.2, 0) is 11.3 Å². The molecule has 2 rings (SSSR count). The summed E-state index contributed by atoms with van der Waals surface area (Å²) in [5, 5.41) is 7.17. The molecule has 0 radical (unpaired) electrons. The van der Waals surface area contributed by atoms with Crippen molar-refractivity contribution in [2.24, 2.45) is 0 Å². The zero-order valence-corrected chi connectivity index (χ0v) is 14.1. The molecule has 114 valence electrons. The van der Waals surface area contributed by atoms with Crippen LogP contribution in [-0.4, -0.2) is 38.4 Å². The van der Waals surface area contributed by atoms with E-state index in [0.717, 1.165) is 10.9 Å². The molecular weight excluding hydrogens is 358 g/mol. The van der Waals surface area contributed by atoms with Crippen molar-refractivity contribution in [3.05, 3.63) is 33.2 Å². The van der Waals surface area contributed by atoms with Crippen molar-refractivity contribution >= 4 is 27.7 Å². The first kappa shape index (κ1) is 16.2. The fourth-order valence-corrected chi connectivity index (χ4v) is 2.85. The molecule has 2 aromatic heterocycles. The molecule has 0 saturated carbocycles. The Bertz CT molecular complexity index is 627. The Balaban J connectivity index is 2.08. The second kappa shape index (κ2) is 7.71. The van der Waals surface area contributed by atoms with Gasteiger partial charge >= 0.3 is 5.69 Å². The van der Waals surface area contributed by atoms with E-state index in [1.165, 1.54) is 11.8 Å². The Labute approximate surface area is 134 Å². The number of hydrogen-bond donors (Lipinski definition) is 1. The van der Waals surface area contributed by atoms with Crippen LogP contribution in [0.4, 0.5) is 0 Å². The first-order valence-corrected chi connectivity index (χ1v) is 8.07. The van der Waals surface area contributed by atoms with E-state index in [9.17, 15) is 4.79 Å². The minimum atomic E-state index is -0.211. The summed E-state index contributed by atoms with van der Waals surface area (Å²) in [6.07, 6.45) is 4.16. The third kappa shape index (κ3) is 4.39. The number of rotatable bonds is 7. The zero-order valence-electron chi connectivity index (χ0n) is 11.7. The molecule has 0 aliphatic rings. The number of halogens is 1. The highest BCUT2D eigenvalue weighted by Gasteiger charge is 2.16. The summed E-state index contributed by atoms with van der Waals surface area (Å²) in [7, 11) is 1.64. The average Bonchev–Trinajstić information content (AvgIpc) is 2.81. The van der Waals surface area contributed by atoms with E-state index in [1.807, 2.05) is 6.92 Å². The van der Waals surface area contributed by atoms with Crippen molar-refractivity contribution in [2.75, 3.05) is 13.7 Å². The van der Waals surface area contributed by atoms with Gasteiger partial charge in [-0.25, -0.2) is 19.9 Å². The molecule has 0 unspecified atom stereocenters. The van der Waals surface area contributed by atoms with Crippen LogP contribution in [0.25, 0.3) is 0 Å². The molecule has 0 aliphatic carbocycles. The number of nitrogens with one attached hydrogen (secondary N) is 1. The van der Waals surface area contributed by atoms with Crippen LogP contribution in [0.15, 0.2) is 26.8 Å². The van der Waals surface area contributed by atoms with Crippen molar-refractivity contribution in [1.29, 1.82) is 0 Å². The number of H-pyrrole nitrogens is 1. The Morgan fingerprint density at radius 2 is 2.19 bits per heavy atom. The number of aromatic nitrogens is 5. The number of aromatic amines is 1. The van der Waals surface area contributed by atoms with Gasteiger partial charge in [-0.3, -0.25) is 4.57 Å². The van der Waals surface area contributed by atoms with E-state index in [2.05, 4.69) is 36.1 Å². The van der Waals surface area contributed by atoms with Crippen LogP contribution in [0, 0.1) is 0 Å². The number of hydrogen-bond acceptors (Lipinski definition) is 6. The van der Waals surface area contributed by atoms with Gasteiger partial charge < -0.3 is 4.74 Å². The lowest BCUT2D eigenvalue weighted by atomic mass is 10.4. The predicted octanol–water partition coefficient (Wildman–Crippen LogP) is 2.01. The average molecular weight is 374 g/mol. The molecule has 1 N–H and O–H groups in total. The molecule has 0 saturated heterocycles. The molecule has 9 heteroatoms. The Kier molecular flexibility index (Phi) is 5.95. The van der Waals surface area contributed by atoms with E-state index < -0.39 is 0 Å². The minimum absolute atomic E-state index is 0.00512. The highest BCUT2D eigenvalue weighted by atomic mass is 79.9. The highest BCUT2D eigenvalue weighted by molar-refractivity contribution is 9.10. The van der Waals surface area contributed by atoms with Crippen molar-refractivity contribution in [3.8, 4) is 0 Å². The van der Waals surface area contributed by atoms with Gasteiger partial charge in [-0.2, -0.15) is 0 Å². The first-order valence-electron chi connectivity index (χ1n) is 6.40. The van der Waals surface area contributed by atoms with Crippen molar-refractivity contribution in [1.82, 2.24) is 24.7 Å². The smallest absolute Gasteiger partial charge is 0.343 e. The predicted molar refractivity (Wildman–Crippen MR) is 83.3 cm³/mol. The lowest BCUT2D eigenvalue weighted by Crippen LogP contribution is -2.18. The Morgan fingerprint density at radius 3 is 2.86 bits per heavy atom. The summed E-state index contributed by atoms with van der Waals surface area (Å²) in [5.74, 6) is 0.696. The molecular formula is C12H16BrN5O2S. The van der Waals surface area contributed by atoms with Crippen molar-refractivity contribution in [2.45, 2.75) is 30.3 Å². The number of nitrogens with zero attached hydrogens (tertiary/aromatic N) is 4. The summed E-state index contributed by atoms with van der Waals surface area (Å²) >= 11 is 4.75. The summed E-state index contributed by atoms with van der Waals surface area (Å²) in [6, 6.07) is 0. The minimum Gasteiger partial charge on any atom is -0.385 e. The monoisotopic (exact) mass is 373 g/mol. The molecule has 0 amide bonds. The quantitative estimate of drug-likeness (QED) is 0.590. The van der Waals surface area contributed by atoms with E-state index in [-0.39, 0.29) is 10.9 Å². The molecule has 1 atom stereocenters. The van der Waals surface area contributed by atoms with Crippen LogP contribution in [0.5, 0.6) is 0 Å². The van der Waals surface area contributed by atoms with Gasteiger partial charge in [0.05, 0.1) is 9.72 Å². The number of ether oxygens (including phenoxy) is 1. The van der Waals surface area contributed by atoms with Crippen molar-refractivity contribution in [3.63, 3.8) is 0 Å². The van der Waals surface area contributed by atoms with Gasteiger partial charge in [0.15, 0.2) is 5.16 Å². The third-order valence-electron chi connectivity index (χ3n) is 2.74. The van der Waals surface area contributed by atoms with Crippen LogP contribution >= 0.6 is 27.7 Å². The largest absolute Gasteiger partial charge is 0.385 e. The third-order valence-corrected chi connectivity index (χ3v) is 4.24. The molecule has 0 aliphatic heterocycles. The van der Waals surface area contributed by atoms with Crippen LogP contribution < -0.4 is 5.69 Å². The SMILES string of the molecule is COCCCn1c(S[C@H](C)c2ncc(Br)cn2)n[nH]c1=O. The molecule has 2 heterocycles. The maximum absolute atomic E-state index is 11.8. The van der Waals surface area contributed by atoms with Gasteiger partial charge in [-0.05, 0) is 29.3 Å². The van der Waals surface area contributed by atoms with Crippen LogP contribution in [0.3, 0.4) is 0 Å². The van der Waals surface area contributed by atoms with E-state index in [1.54, 1.807) is 24.1 Å². The van der Waals surface area contributed by atoms with E-state index >= 15 is 0 Å². The van der Waals surface area contributed by atoms with Gasteiger partial charge in [0.25, 0.3) is 0 Å². The van der Waals surface area contributed by atoms with Crippen molar-refractivity contribution < 1.29 is 4.74 Å². The fraction of sp³-hybridized carbons (Fsp3) is 0.500. The molecule has 0 bridgehead atoms. The number of methoxy groups -OCH3 is 1. The van der Waals surface area contributed by atoms with Gasteiger partial charge in [-0.1, -0.05) is 11.8 Å². The highest BCUT2D eigenvalue weighted by Crippen LogP contribution is 2.31. The summed E-state index contributed by atoms with van der Waals surface area (Å²) in [5.41, 5.74) is -0.211. The zero-order chi connectivity index (χ0) is 15.2. The fourth-order valence-electron chi connectivity index (χ4n) is 1.70. The molecule has 0 spiro atoms. The topological polar surface area (TPSA) is 85.7 Å². The lowest BCUT2D eigenvalue weighted by molar-refractivity contribution is 0.189.